The van der Waals surface area contributed by atoms with Crippen LogP contribution in [-0.2, 0) is 27.9 Å². The Morgan fingerprint density at radius 1 is 0.633 bits per heavy atom. The van der Waals surface area contributed by atoms with Crippen LogP contribution in [0.15, 0.2) is 24.3 Å². The highest BCUT2D eigenvalue weighted by molar-refractivity contribution is 7.45. The number of hydrogen-bond donors (Lipinski definition) is 0. The van der Waals surface area contributed by atoms with Crippen LogP contribution in [0.5, 0.6) is 0 Å². The van der Waals surface area contributed by atoms with E-state index in [0.717, 1.165) is 57.8 Å². The van der Waals surface area contributed by atoms with Crippen molar-refractivity contribution in [3.05, 3.63) is 24.3 Å². The normalized spacial score (nSPS) is 14.2. The second-order valence-electron chi connectivity index (χ2n) is 14.6. The lowest BCUT2D eigenvalue weighted by Gasteiger charge is -2.28. The highest BCUT2D eigenvalue weighted by Crippen LogP contribution is 2.38. The van der Waals surface area contributed by atoms with E-state index in [0.29, 0.717) is 24.1 Å². The van der Waals surface area contributed by atoms with Gasteiger partial charge in [0.25, 0.3) is 7.82 Å². The molecule has 0 aromatic rings. The Bertz CT molecular complexity index is 843. The lowest BCUT2D eigenvalue weighted by Crippen LogP contribution is -2.37. The summed E-state index contributed by atoms with van der Waals surface area (Å²) in [4.78, 5) is 24.9. The molecule has 0 aromatic carbocycles. The Labute approximate surface area is 303 Å². The molecule has 9 heteroatoms. The molecule has 0 rings (SSSR count). The highest BCUT2D eigenvalue weighted by Gasteiger charge is 2.20. The maximum Gasteiger partial charge on any atom is 0.306 e. The number of quaternary nitrogens is 1. The van der Waals surface area contributed by atoms with Crippen molar-refractivity contribution < 1.29 is 37.3 Å². The number of allylic oxidation sites excluding steroid dienone is 4. The quantitative estimate of drug-likeness (QED) is 0.0208. The molecule has 0 radical (unpaired) electrons. The monoisotopic (exact) mass is 716 g/mol. The van der Waals surface area contributed by atoms with Crippen molar-refractivity contribution in [2.75, 3.05) is 54.1 Å². The largest absolute Gasteiger partial charge is 0.756 e. The zero-order valence-corrected chi connectivity index (χ0v) is 33.5. The van der Waals surface area contributed by atoms with Gasteiger partial charge in [0.2, 0.25) is 0 Å². The standard InChI is InChI=1S/C40H78NO7P/c1-6-8-10-12-14-16-18-20-21-23-25-27-29-31-33-40(42)48-39(38-47-49(43,44)46-36-34-41(3,4)5)37-45-35-32-30-28-26-24-22-19-17-15-13-11-9-7-2/h12,14,18,20,39H,6-11,13,15-17,19,21-38H2,1-5H3/b14-12-,20-18-. The first-order valence-corrected chi connectivity index (χ1v) is 21.5. The van der Waals surface area contributed by atoms with Gasteiger partial charge in [-0.05, 0) is 38.5 Å². The fourth-order valence-electron chi connectivity index (χ4n) is 5.33. The van der Waals surface area contributed by atoms with E-state index in [1.54, 1.807) is 0 Å². The van der Waals surface area contributed by atoms with Crippen molar-refractivity contribution in [1.82, 2.24) is 0 Å². The molecule has 0 aromatic heterocycles. The molecule has 2 unspecified atom stereocenters. The third-order valence-electron chi connectivity index (χ3n) is 8.51. The molecule has 290 valence electrons. The van der Waals surface area contributed by atoms with Gasteiger partial charge >= 0.3 is 5.97 Å². The number of esters is 1. The molecule has 0 aliphatic carbocycles. The van der Waals surface area contributed by atoms with E-state index in [9.17, 15) is 14.3 Å². The SMILES string of the molecule is CCCC/C=C\C/C=C\CCCCCCCC(=O)OC(COCCCCCCCCCCCCCCC)COP(=O)([O-])OCC[N+](C)(C)C. The molecule has 0 fully saturated rings. The topological polar surface area (TPSA) is 94.1 Å². The lowest BCUT2D eigenvalue weighted by atomic mass is 10.0. The molecule has 0 amide bonds. The van der Waals surface area contributed by atoms with E-state index >= 15 is 0 Å². The van der Waals surface area contributed by atoms with Crippen LogP contribution in [0.2, 0.25) is 0 Å². The van der Waals surface area contributed by atoms with E-state index < -0.39 is 13.9 Å². The van der Waals surface area contributed by atoms with Crippen molar-refractivity contribution in [3.8, 4) is 0 Å². The van der Waals surface area contributed by atoms with Crippen molar-refractivity contribution in [2.24, 2.45) is 0 Å². The van der Waals surface area contributed by atoms with Gasteiger partial charge < -0.3 is 27.9 Å². The number of unbranched alkanes of at least 4 members (excludes halogenated alkanes) is 19. The van der Waals surface area contributed by atoms with Crippen molar-refractivity contribution >= 4 is 13.8 Å². The lowest BCUT2D eigenvalue weighted by molar-refractivity contribution is -0.870. The molecule has 0 bridgehead atoms. The molecule has 49 heavy (non-hydrogen) atoms. The molecule has 8 nitrogen and oxygen atoms in total. The molecule has 0 aliphatic rings. The van der Waals surface area contributed by atoms with Gasteiger partial charge in [0.05, 0.1) is 34.4 Å². The van der Waals surface area contributed by atoms with Crippen LogP contribution in [0.1, 0.15) is 168 Å². The van der Waals surface area contributed by atoms with Crippen molar-refractivity contribution in [2.45, 2.75) is 174 Å². The molecule has 0 spiro atoms. The van der Waals surface area contributed by atoms with E-state index in [-0.39, 0.29) is 25.8 Å². The van der Waals surface area contributed by atoms with Gasteiger partial charge in [-0.3, -0.25) is 9.36 Å². The van der Waals surface area contributed by atoms with E-state index in [1.165, 1.54) is 89.9 Å². The van der Waals surface area contributed by atoms with Gasteiger partial charge in [-0.15, -0.1) is 0 Å². The number of nitrogens with zero attached hydrogens (tertiary/aromatic N) is 1. The summed E-state index contributed by atoms with van der Waals surface area (Å²) in [7, 11) is 1.35. The summed E-state index contributed by atoms with van der Waals surface area (Å²) >= 11 is 0. The number of phosphoric ester groups is 1. The predicted octanol–water partition coefficient (Wildman–Crippen LogP) is 10.6. The van der Waals surface area contributed by atoms with Crippen LogP contribution in [-0.4, -0.2) is 70.7 Å². The smallest absolute Gasteiger partial charge is 0.306 e. The first-order chi connectivity index (χ1) is 23.6. The van der Waals surface area contributed by atoms with Gasteiger partial charge in [-0.2, -0.15) is 0 Å². The van der Waals surface area contributed by atoms with Gasteiger partial charge in [0, 0.05) is 13.0 Å². The van der Waals surface area contributed by atoms with Crippen LogP contribution in [0.3, 0.4) is 0 Å². The molecule has 0 saturated heterocycles. The zero-order valence-electron chi connectivity index (χ0n) is 32.6. The molecule has 0 heterocycles. The fourth-order valence-corrected chi connectivity index (χ4v) is 6.06. The summed E-state index contributed by atoms with van der Waals surface area (Å²) < 4.78 is 34.5. The third kappa shape index (κ3) is 38.1. The number of rotatable bonds is 37. The summed E-state index contributed by atoms with van der Waals surface area (Å²) in [5.74, 6) is -0.347. The van der Waals surface area contributed by atoms with Crippen LogP contribution in [0, 0.1) is 0 Å². The van der Waals surface area contributed by atoms with Crippen LogP contribution in [0.25, 0.3) is 0 Å². The van der Waals surface area contributed by atoms with E-state index in [2.05, 4.69) is 38.2 Å². The molecular formula is C40H78NO7P. The predicted molar refractivity (Wildman–Crippen MR) is 204 cm³/mol. The highest BCUT2D eigenvalue weighted by atomic mass is 31.2. The minimum absolute atomic E-state index is 0.0248. The van der Waals surface area contributed by atoms with Gasteiger partial charge in [-0.25, -0.2) is 0 Å². The number of carbonyl (C=O) groups is 1. The van der Waals surface area contributed by atoms with Crippen LogP contribution >= 0.6 is 7.82 Å². The summed E-state index contributed by atoms with van der Waals surface area (Å²) in [6, 6.07) is 0. The number of phosphoric acid groups is 1. The Morgan fingerprint density at radius 3 is 1.71 bits per heavy atom. The second-order valence-corrected chi connectivity index (χ2v) is 16.1. The molecule has 2 atom stereocenters. The first kappa shape index (κ1) is 48.0. The van der Waals surface area contributed by atoms with Gasteiger partial charge in [-0.1, -0.05) is 147 Å². The van der Waals surface area contributed by atoms with Gasteiger partial charge in [0.15, 0.2) is 0 Å². The van der Waals surface area contributed by atoms with Crippen LogP contribution in [0.4, 0.5) is 0 Å². The average Bonchev–Trinajstić information content (AvgIpc) is 3.04. The Kier molecular flexibility index (Phi) is 33.4. The number of carbonyl (C=O) groups excluding carboxylic acids is 1. The van der Waals surface area contributed by atoms with E-state index in [1.807, 2.05) is 21.1 Å². The average molecular weight is 716 g/mol. The van der Waals surface area contributed by atoms with Crippen LogP contribution < -0.4 is 4.89 Å². The third-order valence-corrected chi connectivity index (χ3v) is 9.47. The molecule has 0 saturated carbocycles. The number of hydrogen-bond acceptors (Lipinski definition) is 7. The molecule has 0 aliphatic heterocycles. The number of likely N-dealkylation sites (N-methyl/N-ethyl adjacent to an activating group) is 1. The Hall–Kier alpha value is -1.02. The molecular weight excluding hydrogens is 637 g/mol. The summed E-state index contributed by atoms with van der Waals surface area (Å²) in [6.45, 7) is 5.36. The molecule has 0 N–H and O–H groups in total. The maximum atomic E-state index is 12.6. The zero-order chi connectivity index (χ0) is 36.3. The minimum atomic E-state index is -4.52. The first-order valence-electron chi connectivity index (χ1n) is 20.1. The minimum Gasteiger partial charge on any atom is -0.756 e. The Balaban J connectivity index is 4.30. The fraction of sp³-hybridized carbons (Fsp3) is 0.875. The van der Waals surface area contributed by atoms with Gasteiger partial charge in [0.1, 0.15) is 19.3 Å². The maximum absolute atomic E-state index is 12.6. The van der Waals surface area contributed by atoms with E-state index in [4.69, 9.17) is 18.5 Å². The van der Waals surface area contributed by atoms with Crippen molar-refractivity contribution in [3.63, 3.8) is 0 Å². The summed E-state index contributed by atoms with van der Waals surface area (Å²) in [5.41, 5.74) is 0. The summed E-state index contributed by atoms with van der Waals surface area (Å²) in [5, 5.41) is 0. The second kappa shape index (κ2) is 34.1. The van der Waals surface area contributed by atoms with Crippen molar-refractivity contribution in [1.29, 1.82) is 0 Å². The number of ether oxygens (including phenoxy) is 2. The Morgan fingerprint density at radius 2 is 1.14 bits per heavy atom. The summed E-state index contributed by atoms with van der Waals surface area (Å²) in [6.07, 6.45) is 36.0.